The summed E-state index contributed by atoms with van der Waals surface area (Å²) in [5.41, 5.74) is 9.73. The minimum Gasteiger partial charge on any atom is -0.396 e. The van der Waals surface area contributed by atoms with E-state index in [0.717, 1.165) is 12.8 Å². The SMILES string of the molecule is Cc1ccc([C@H](N)CCCO)c(C)c1. The van der Waals surface area contributed by atoms with E-state index in [4.69, 9.17) is 10.8 Å². The average molecular weight is 193 g/mol. The third-order valence-corrected chi connectivity index (χ3v) is 2.50. The Hall–Kier alpha value is -0.860. The first-order valence-electron chi connectivity index (χ1n) is 5.08. The molecule has 14 heavy (non-hydrogen) atoms. The Kier molecular flexibility index (Phi) is 4.11. The summed E-state index contributed by atoms with van der Waals surface area (Å²) in [5.74, 6) is 0. The van der Waals surface area contributed by atoms with Gasteiger partial charge in [0.2, 0.25) is 0 Å². The maximum atomic E-state index is 8.72. The van der Waals surface area contributed by atoms with Gasteiger partial charge in [0.25, 0.3) is 0 Å². The van der Waals surface area contributed by atoms with Crippen molar-refractivity contribution in [3.05, 3.63) is 34.9 Å². The lowest BCUT2D eigenvalue weighted by molar-refractivity contribution is 0.280. The molecule has 78 valence electrons. The summed E-state index contributed by atoms with van der Waals surface area (Å²) < 4.78 is 0. The van der Waals surface area contributed by atoms with E-state index in [9.17, 15) is 0 Å². The molecule has 2 heteroatoms. The Morgan fingerprint density at radius 1 is 1.36 bits per heavy atom. The molecular formula is C12H19NO. The van der Waals surface area contributed by atoms with Crippen LogP contribution in [0.1, 0.15) is 35.6 Å². The molecule has 0 saturated carbocycles. The highest BCUT2D eigenvalue weighted by Crippen LogP contribution is 2.20. The monoisotopic (exact) mass is 193 g/mol. The fourth-order valence-electron chi connectivity index (χ4n) is 1.71. The van der Waals surface area contributed by atoms with Gasteiger partial charge < -0.3 is 10.8 Å². The second kappa shape index (κ2) is 5.13. The van der Waals surface area contributed by atoms with Crippen molar-refractivity contribution in [3.63, 3.8) is 0 Å². The van der Waals surface area contributed by atoms with E-state index in [1.54, 1.807) is 0 Å². The molecule has 0 fully saturated rings. The molecule has 2 nitrogen and oxygen atoms in total. The highest BCUT2D eigenvalue weighted by Gasteiger charge is 2.07. The number of hydrogen-bond donors (Lipinski definition) is 2. The molecule has 0 aliphatic rings. The molecule has 1 aromatic carbocycles. The van der Waals surface area contributed by atoms with E-state index < -0.39 is 0 Å². The van der Waals surface area contributed by atoms with Gasteiger partial charge in [-0.1, -0.05) is 23.8 Å². The molecule has 0 radical (unpaired) electrons. The summed E-state index contributed by atoms with van der Waals surface area (Å²) in [7, 11) is 0. The van der Waals surface area contributed by atoms with Gasteiger partial charge in [0.15, 0.2) is 0 Å². The predicted molar refractivity (Wildman–Crippen MR) is 59.2 cm³/mol. The van der Waals surface area contributed by atoms with Gasteiger partial charge in [0, 0.05) is 12.6 Å². The van der Waals surface area contributed by atoms with Gasteiger partial charge >= 0.3 is 0 Å². The molecule has 0 aliphatic carbocycles. The molecule has 0 aromatic heterocycles. The quantitative estimate of drug-likeness (QED) is 0.769. The maximum Gasteiger partial charge on any atom is 0.0431 e. The molecule has 0 amide bonds. The molecule has 0 spiro atoms. The van der Waals surface area contributed by atoms with E-state index in [1.165, 1.54) is 16.7 Å². The molecule has 1 atom stereocenters. The number of nitrogens with two attached hydrogens (primary N) is 1. The van der Waals surface area contributed by atoms with Gasteiger partial charge in [-0.2, -0.15) is 0 Å². The lowest BCUT2D eigenvalue weighted by Gasteiger charge is -2.14. The summed E-state index contributed by atoms with van der Waals surface area (Å²) in [6.07, 6.45) is 1.62. The van der Waals surface area contributed by atoms with Crippen LogP contribution >= 0.6 is 0 Å². The Morgan fingerprint density at radius 3 is 2.64 bits per heavy atom. The van der Waals surface area contributed by atoms with Gasteiger partial charge in [-0.05, 0) is 37.8 Å². The van der Waals surface area contributed by atoms with E-state index in [0.29, 0.717) is 0 Å². The standard InChI is InChI=1S/C12H19NO/c1-9-5-6-11(10(2)8-9)12(13)4-3-7-14/h5-6,8,12,14H,3-4,7,13H2,1-2H3/t12-/m1/s1. The lowest BCUT2D eigenvalue weighted by Crippen LogP contribution is -2.12. The largest absolute Gasteiger partial charge is 0.396 e. The van der Waals surface area contributed by atoms with Crippen molar-refractivity contribution in [1.29, 1.82) is 0 Å². The van der Waals surface area contributed by atoms with Crippen molar-refractivity contribution in [3.8, 4) is 0 Å². The van der Waals surface area contributed by atoms with E-state index in [2.05, 4.69) is 32.0 Å². The molecule has 3 N–H and O–H groups in total. The van der Waals surface area contributed by atoms with Crippen LogP contribution in [-0.2, 0) is 0 Å². The van der Waals surface area contributed by atoms with Crippen LogP contribution < -0.4 is 5.73 Å². The molecule has 0 heterocycles. The summed E-state index contributed by atoms with van der Waals surface area (Å²) in [5, 5.41) is 8.72. The van der Waals surface area contributed by atoms with Crippen LogP contribution in [0.5, 0.6) is 0 Å². The van der Waals surface area contributed by atoms with Gasteiger partial charge in [0.05, 0.1) is 0 Å². The zero-order valence-corrected chi connectivity index (χ0v) is 8.96. The Balaban J connectivity index is 2.74. The van der Waals surface area contributed by atoms with Crippen LogP contribution in [0.2, 0.25) is 0 Å². The first-order chi connectivity index (χ1) is 6.65. The van der Waals surface area contributed by atoms with Crippen molar-refractivity contribution in [2.24, 2.45) is 5.73 Å². The maximum absolute atomic E-state index is 8.72. The van der Waals surface area contributed by atoms with Crippen LogP contribution in [-0.4, -0.2) is 11.7 Å². The normalized spacial score (nSPS) is 12.9. The van der Waals surface area contributed by atoms with Crippen LogP contribution in [0, 0.1) is 13.8 Å². The van der Waals surface area contributed by atoms with Gasteiger partial charge in [-0.3, -0.25) is 0 Å². The van der Waals surface area contributed by atoms with E-state index >= 15 is 0 Å². The third-order valence-electron chi connectivity index (χ3n) is 2.50. The van der Waals surface area contributed by atoms with Crippen molar-refractivity contribution in [2.75, 3.05) is 6.61 Å². The topological polar surface area (TPSA) is 46.2 Å². The lowest BCUT2D eigenvalue weighted by atomic mass is 9.97. The van der Waals surface area contributed by atoms with Crippen molar-refractivity contribution in [1.82, 2.24) is 0 Å². The molecule has 0 aliphatic heterocycles. The van der Waals surface area contributed by atoms with Crippen molar-refractivity contribution >= 4 is 0 Å². The fourth-order valence-corrected chi connectivity index (χ4v) is 1.71. The minimum atomic E-state index is 0.0581. The van der Waals surface area contributed by atoms with Crippen LogP contribution in [0.4, 0.5) is 0 Å². The third kappa shape index (κ3) is 2.82. The number of rotatable bonds is 4. The van der Waals surface area contributed by atoms with E-state index in [1.807, 2.05) is 0 Å². The smallest absolute Gasteiger partial charge is 0.0431 e. The summed E-state index contributed by atoms with van der Waals surface area (Å²) in [6, 6.07) is 6.38. The van der Waals surface area contributed by atoms with Gasteiger partial charge in [-0.15, -0.1) is 0 Å². The number of aryl methyl sites for hydroxylation is 2. The van der Waals surface area contributed by atoms with E-state index in [-0.39, 0.29) is 12.6 Å². The number of benzene rings is 1. The van der Waals surface area contributed by atoms with Crippen LogP contribution in [0.15, 0.2) is 18.2 Å². The van der Waals surface area contributed by atoms with Crippen molar-refractivity contribution < 1.29 is 5.11 Å². The highest BCUT2D eigenvalue weighted by atomic mass is 16.2. The molecule has 0 unspecified atom stereocenters. The first kappa shape index (κ1) is 11.2. The second-order valence-electron chi connectivity index (χ2n) is 3.83. The molecule has 1 aromatic rings. The molecular weight excluding hydrogens is 174 g/mol. The number of hydrogen-bond acceptors (Lipinski definition) is 2. The molecule has 0 bridgehead atoms. The number of aliphatic hydroxyl groups excluding tert-OH is 1. The van der Waals surface area contributed by atoms with Crippen LogP contribution in [0.25, 0.3) is 0 Å². The summed E-state index contributed by atoms with van der Waals surface area (Å²) in [6.45, 7) is 4.38. The first-order valence-corrected chi connectivity index (χ1v) is 5.08. The molecule has 1 rings (SSSR count). The average Bonchev–Trinajstić information content (AvgIpc) is 2.14. The van der Waals surface area contributed by atoms with Crippen molar-refractivity contribution in [2.45, 2.75) is 32.7 Å². The highest BCUT2D eigenvalue weighted by molar-refractivity contribution is 5.32. The Bertz CT molecular complexity index is 296. The van der Waals surface area contributed by atoms with Gasteiger partial charge in [-0.25, -0.2) is 0 Å². The molecule has 0 saturated heterocycles. The fraction of sp³-hybridized carbons (Fsp3) is 0.500. The number of aliphatic hydroxyl groups is 1. The predicted octanol–water partition coefficient (Wildman–Crippen LogP) is 2.08. The Labute approximate surface area is 85.8 Å². The van der Waals surface area contributed by atoms with Gasteiger partial charge in [0.1, 0.15) is 0 Å². The second-order valence-corrected chi connectivity index (χ2v) is 3.83. The zero-order chi connectivity index (χ0) is 10.6. The summed E-state index contributed by atoms with van der Waals surface area (Å²) in [4.78, 5) is 0. The zero-order valence-electron chi connectivity index (χ0n) is 8.96. The minimum absolute atomic E-state index is 0.0581. The summed E-state index contributed by atoms with van der Waals surface area (Å²) >= 11 is 0. The van der Waals surface area contributed by atoms with Crippen LogP contribution in [0.3, 0.4) is 0 Å². The Morgan fingerprint density at radius 2 is 2.07 bits per heavy atom.